The van der Waals surface area contributed by atoms with E-state index >= 15 is 0 Å². The Morgan fingerprint density at radius 2 is 1.90 bits per heavy atom. The van der Waals surface area contributed by atoms with E-state index in [4.69, 9.17) is 5.73 Å². The smallest absolute Gasteiger partial charge is 0.263 e. The van der Waals surface area contributed by atoms with Crippen LogP contribution in [0, 0.1) is 0 Å². The molecular weight excluding hydrogens is 276 g/mol. The lowest BCUT2D eigenvalue weighted by Gasteiger charge is -2.29. The summed E-state index contributed by atoms with van der Waals surface area (Å²) < 4.78 is 0. The minimum Gasteiger partial charge on any atom is -0.353 e. The molecule has 1 fully saturated rings. The third kappa shape index (κ3) is 4.28. The maximum Gasteiger partial charge on any atom is 0.263 e. The number of carbonyl (C=O) groups excluding carboxylic acids is 2. The van der Waals surface area contributed by atoms with E-state index in [0.29, 0.717) is 17.8 Å². The van der Waals surface area contributed by atoms with Crippen LogP contribution in [-0.4, -0.2) is 35.4 Å². The Morgan fingerprint density at radius 1 is 1.25 bits per heavy atom. The number of nitrogens with one attached hydrogen (secondary N) is 2. The number of aromatic nitrogens is 1. The SMILES string of the molecule is NCCC(=O)NC1CCC(NC(=O)c2cncs2)CC1. The minimum atomic E-state index is -0.0527. The van der Waals surface area contributed by atoms with Gasteiger partial charge in [0.25, 0.3) is 5.91 Å². The number of nitrogens with zero attached hydrogens (tertiary/aromatic N) is 1. The summed E-state index contributed by atoms with van der Waals surface area (Å²) in [5.41, 5.74) is 7.00. The minimum absolute atomic E-state index is 0.0182. The number of thiazole rings is 1. The van der Waals surface area contributed by atoms with Crippen molar-refractivity contribution in [3.63, 3.8) is 0 Å². The normalized spacial score (nSPS) is 22.2. The van der Waals surface area contributed by atoms with Crippen LogP contribution in [0.1, 0.15) is 41.8 Å². The second kappa shape index (κ2) is 7.35. The maximum atomic E-state index is 11.9. The third-order valence-electron chi connectivity index (χ3n) is 3.46. The Hall–Kier alpha value is -1.47. The van der Waals surface area contributed by atoms with Crippen molar-refractivity contribution in [1.29, 1.82) is 0 Å². The molecule has 0 saturated heterocycles. The molecule has 7 heteroatoms. The molecule has 2 rings (SSSR count). The second-order valence-corrected chi connectivity index (χ2v) is 5.88. The molecular formula is C13H20N4O2S. The van der Waals surface area contributed by atoms with Crippen LogP contribution >= 0.6 is 11.3 Å². The summed E-state index contributed by atoms with van der Waals surface area (Å²) in [5, 5.41) is 6.00. The molecule has 6 nitrogen and oxygen atoms in total. The fraction of sp³-hybridized carbons (Fsp3) is 0.615. The van der Waals surface area contributed by atoms with Gasteiger partial charge in [-0.15, -0.1) is 11.3 Å². The zero-order valence-corrected chi connectivity index (χ0v) is 12.1. The maximum absolute atomic E-state index is 11.9. The predicted molar refractivity (Wildman–Crippen MR) is 77.4 cm³/mol. The third-order valence-corrected chi connectivity index (χ3v) is 4.23. The lowest BCUT2D eigenvalue weighted by atomic mass is 9.91. The molecule has 0 unspecified atom stereocenters. The van der Waals surface area contributed by atoms with E-state index in [1.165, 1.54) is 11.3 Å². The Kier molecular flexibility index (Phi) is 5.49. The zero-order chi connectivity index (χ0) is 14.4. The van der Waals surface area contributed by atoms with Gasteiger partial charge in [-0.1, -0.05) is 0 Å². The van der Waals surface area contributed by atoms with Crippen LogP contribution in [0.2, 0.25) is 0 Å². The van der Waals surface area contributed by atoms with Crippen LogP contribution < -0.4 is 16.4 Å². The molecule has 0 atom stereocenters. The van der Waals surface area contributed by atoms with Gasteiger partial charge in [-0.2, -0.15) is 0 Å². The fourth-order valence-corrected chi connectivity index (χ4v) is 2.92. The van der Waals surface area contributed by atoms with Gasteiger partial charge in [0.2, 0.25) is 5.91 Å². The first-order valence-electron chi connectivity index (χ1n) is 6.88. The van der Waals surface area contributed by atoms with Crippen LogP contribution in [0.4, 0.5) is 0 Å². The summed E-state index contributed by atoms with van der Waals surface area (Å²) in [5.74, 6) is -0.0345. The van der Waals surface area contributed by atoms with E-state index in [1.807, 2.05) is 0 Å². The van der Waals surface area contributed by atoms with Gasteiger partial charge in [-0.3, -0.25) is 14.6 Å². The largest absolute Gasteiger partial charge is 0.353 e. The van der Waals surface area contributed by atoms with Crippen molar-refractivity contribution in [2.24, 2.45) is 5.73 Å². The lowest BCUT2D eigenvalue weighted by Crippen LogP contribution is -2.44. The summed E-state index contributed by atoms with van der Waals surface area (Å²) in [6.07, 6.45) is 5.52. The number of hydrogen-bond acceptors (Lipinski definition) is 5. The highest BCUT2D eigenvalue weighted by molar-refractivity contribution is 7.11. The Labute approximate surface area is 122 Å². The molecule has 0 radical (unpaired) electrons. The van der Waals surface area contributed by atoms with E-state index in [0.717, 1.165) is 25.7 Å². The second-order valence-electron chi connectivity index (χ2n) is 4.99. The molecule has 0 aromatic carbocycles. The summed E-state index contributed by atoms with van der Waals surface area (Å²) in [4.78, 5) is 27.9. The molecule has 2 amide bonds. The van der Waals surface area contributed by atoms with Crippen molar-refractivity contribution in [3.8, 4) is 0 Å². The van der Waals surface area contributed by atoms with E-state index in [-0.39, 0.29) is 23.9 Å². The molecule has 0 bridgehead atoms. The number of amides is 2. The molecule has 4 N–H and O–H groups in total. The molecule has 20 heavy (non-hydrogen) atoms. The average molecular weight is 296 g/mol. The molecule has 110 valence electrons. The number of carbonyl (C=O) groups is 2. The van der Waals surface area contributed by atoms with Gasteiger partial charge in [0, 0.05) is 25.0 Å². The molecule has 1 aliphatic carbocycles. The van der Waals surface area contributed by atoms with Crippen molar-refractivity contribution in [3.05, 3.63) is 16.6 Å². The number of hydrogen-bond donors (Lipinski definition) is 3. The van der Waals surface area contributed by atoms with Gasteiger partial charge in [0.15, 0.2) is 0 Å². The van der Waals surface area contributed by atoms with Crippen LogP contribution in [0.15, 0.2) is 11.7 Å². The topological polar surface area (TPSA) is 97.1 Å². The fourth-order valence-electron chi connectivity index (χ4n) is 2.40. The Bertz CT molecular complexity index is 441. The van der Waals surface area contributed by atoms with Crippen molar-refractivity contribution < 1.29 is 9.59 Å². The summed E-state index contributed by atoms with van der Waals surface area (Å²) in [7, 11) is 0. The first kappa shape index (κ1) is 14.9. The summed E-state index contributed by atoms with van der Waals surface area (Å²) >= 11 is 1.34. The molecule has 0 spiro atoms. The van der Waals surface area contributed by atoms with Crippen molar-refractivity contribution in [2.75, 3.05) is 6.54 Å². The Morgan fingerprint density at radius 3 is 2.45 bits per heavy atom. The van der Waals surface area contributed by atoms with Crippen molar-refractivity contribution in [2.45, 2.75) is 44.2 Å². The van der Waals surface area contributed by atoms with Crippen LogP contribution in [0.5, 0.6) is 0 Å². The highest BCUT2D eigenvalue weighted by atomic mass is 32.1. The van der Waals surface area contributed by atoms with Gasteiger partial charge in [-0.25, -0.2) is 0 Å². The monoisotopic (exact) mass is 296 g/mol. The van der Waals surface area contributed by atoms with E-state index < -0.39 is 0 Å². The highest BCUT2D eigenvalue weighted by Crippen LogP contribution is 2.19. The highest BCUT2D eigenvalue weighted by Gasteiger charge is 2.23. The molecule has 1 aromatic heterocycles. The number of rotatable bonds is 5. The van der Waals surface area contributed by atoms with E-state index in [1.54, 1.807) is 11.7 Å². The predicted octanol–water partition coefficient (Wildman–Crippen LogP) is 0.649. The van der Waals surface area contributed by atoms with Crippen molar-refractivity contribution in [1.82, 2.24) is 15.6 Å². The van der Waals surface area contributed by atoms with Gasteiger partial charge < -0.3 is 16.4 Å². The molecule has 1 heterocycles. The van der Waals surface area contributed by atoms with Crippen LogP contribution in [0.3, 0.4) is 0 Å². The standard InChI is InChI=1S/C13H20N4O2S/c14-6-5-12(18)16-9-1-3-10(4-2-9)17-13(19)11-7-15-8-20-11/h7-10H,1-6,14H2,(H,16,18)(H,17,19). The Balaban J connectivity index is 1.71. The van der Waals surface area contributed by atoms with E-state index in [9.17, 15) is 9.59 Å². The van der Waals surface area contributed by atoms with Gasteiger partial charge >= 0.3 is 0 Å². The number of nitrogens with two attached hydrogens (primary N) is 1. The quantitative estimate of drug-likeness (QED) is 0.743. The van der Waals surface area contributed by atoms with Crippen LogP contribution in [-0.2, 0) is 4.79 Å². The van der Waals surface area contributed by atoms with Gasteiger partial charge in [0.1, 0.15) is 4.88 Å². The summed E-state index contributed by atoms with van der Waals surface area (Å²) in [6, 6.07) is 0.401. The summed E-state index contributed by atoms with van der Waals surface area (Å²) in [6.45, 7) is 0.381. The van der Waals surface area contributed by atoms with Gasteiger partial charge in [-0.05, 0) is 25.7 Å². The molecule has 1 aromatic rings. The van der Waals surface area contributed by atoms with E-state index in [2.05, 4.69) is 15.6 Å². The van der Waals surface area contributed by atoms with Crippen molar-refractivity contribution >= 4 is 23.2 Å². The molecule has 1 saturated carbocycles. The van der Waals surface area contributed by atoms with Gasteiger partial charge in [0.05, 0.1) is 11.7 Å². The molecule has 1 aliphatic rings. The zero-order valence-electron chi connectivity index (χ0n) is 11.3. The van der Waals surface area contributed by atoms with Crippen LogP contribution in [0.25, 0.3) is 0 Å². The molecule has 0 aliphatic heterocycles. The lowest BCUT2D eigenvalue weighted by molar-refractivity contribution is -0.121. The average Bonchev–Trinajstić information content (AvgIpc) is 2.95. The first-order chi connectivity index (χ1) is 9.69. The first-order valence-corrected chi connectivity index (χ1v) is 7.75.